The van der Waals surface area contributed by atoms with Crippen LogP contribution in [0.3, 0.4) is 0 Å². The van der Waals surface area contributed by atoms with Crippen LogP contribution in [0.2, 0.25) is 0 Å². The first-order valence-corrected chi connectivity index (χ1v) is 7.42. The summed E-state index contributed by atoms with van der Waals surface area (Å²) in [5, 5.41) is 9.15. The Morgan fingerprint density at radius 2 is 2.29 bits per heavy atom. The van der Waals surface area contributed by atoms with Gasteiger partial charge in [-0.2, -0.15) is 0 Å². The summed E-state index contributed by atoms with van der Waals surface area (Å²) in [5.74, 6) is 0.707. The van der Waals surface area contributed by atoms with Gasteiger partial charge in [0.25, 0.3) is 0 Å². The Labute approximate surface area is 122 Å². The van der Waals surface area contributed by atoms with Gasteiger partial charge in [-0.15, -0.1) is 0 Å². The lowest BCUT2D eigenvalue weighted by atomic mass is 10.0. The molecule has 5 heteroatoms. The van der Waals surface area contributed by atoms with Crippen molar-refractivity contribution in [3.05, 3.63) is 29.6 Å². The molecule has 2 heterocycles. The molecule has 1 aliphatic carbocycles. The van der Waals surface area contributed by atoms with E-state index < -0.39 is 5.97 Å². The molecular weight excluding hydrogens is 268 g/mol. The lowest BCUT2D eigenvalue weighted by molar-refractivity contribution is 0.0697. The van der Waals surface area contributed by atoms with Gasteiger partial charge in [0.1, 0.15) is 5.82 Å². The van der Waals surface area contributed by atoms with Gasteiger partial charge in [0, 0.05) is 12.5 Å². The number of aromatic carboxylic acids is 1. The minimum atomic E-state index is -0.908. The summed E-state index contributed by atoms with van der Waals surface area (Å²) in [5.41, 5.74) is 2.03. The highest BCUT2D eigenvalue weighted by Gasteiger charge is 2.39. The fourth-order valence-electron chi connectivity index (χ4n) is 3.25. The zero-order valence-electron chi connectivity index (χ0n) is 12.0. The van der Waals surface area contributed by atoms with Crippen LogP contribution in [0, 0.1) is 0 Å². The summed E-state index contributed by atoms with van der Waals surface area (Å²) < 4.78 is 7.91. The molecule has 2 aromatic rings. The summed E-state index contributed by atoms with van der Waals surface area (Å²) in [6.45, 7) is 3.67. The molecule has 4 rings (SSSR count). The van der Waals surface area contributed by atoms with Crippen LogP contribution in [0.1, 0.15) is 48.3 Å². The molecule has 1 N–H and O–H groups in total. The molecule has 1 saturated carbocycles. The van der Waals surface area contributed by atoms with Gasteiger partial charge in [-0.3, -0.25) is 0 Å². The quantitative estimate of drug-likeness (QED) is 0.942. The van der Waals surface area contributed by atoms with E-state index in [1.54, 1.807) is 12.1 Å². The van der Waals surface area contributed by atoms with E-state index in [0.29, 0.717) is 18.1 Å². The van der Waals surface area contributed by atoms with E-state index in [2.05, 4.69) is 11.5 Å². The number of hydrogen-bond acceptors (Lipinski definition) is 3. The van der Waals surface area contributed by atoms with Crippen LogP contribution >= 0.6 is 0 Å². The van der Waals surface area contributed by atoms with E-state index in [0.717, 1.165) is 29.9 Å². The number of carbonyl (C=O) groups is 1. The second-order valence-corrected chi connectivity index (χ2v) is 6.39. The maximum Gasteiger partial charge on any atom is 0.335 e. The summed E-state index contributed by atoms with van der Waals surface area (Å²) in [7, 11) is 0. The van der Waals surface area contributed by atoms with Crippen LogP contribution < -0.4 is 0 Å². The normalized spacial score (nSPS) is 25.6. The summed E-state index contributed by atoms with van der Waals surface area (Å²) >= 11 is 0. The van der Waals surface area contributed by atoms with Crippen molar-refractivity contribution in [1.29, 1.82) is 0 Å². The van der Waals surface area contributed by atoms with Gasteiger partial charge < -0.3 is 14.4 Å². The third-order valence-electron chi connectivity index (χ3n) is 4.61. The second kappa shape index (κ2) is 4.31. The highest BCUT2D eigenvalue weighted by molar-refractivity contribution is 5.92. The highest BCUT2D eigenvalue weighted by Crippen LogP contribution is 2.44. The van der Waals surface area contributed by atoms with Gasteiger partial charge in [-0.1, -0.05) is 0 Å². The van der Waals surface area contributed by atoms with Crippen LogP contribution in [-0.4, -0.2) is 33.8 Å². The molecule has 0 radical (unpaired) electrons. The van der Waals surface area contributed by atoms with Crippen LogP contribution in [-0.2, 0) is 10.3 Å². The first-order chi connectivity index (χ1) is 10.1. The summed E-state index contributed by atoms with van der Waals surface area (Å²) in [6, 6.07) is 5.24. The molecule has 1 atom stereocenters. The zero-order valence-corrected chi connectivity index (χ0v) is 12.0. The van der Waals surface area contributed by atoms with E-state index in [-0.39, 0.29) is 5.54 Å². The van der Waals surface area contributed by atoms with Crippen LogP contribution in [0.4, 0.5) is 0 Å². The fraction of sp³-hybridized carbons (Fsp3) is 0.500. The molecule has 0 spiro atoms. The predicted octanol–water partition coefficient (Wildman–Crippen LogP) is 2.75. The molecule has 1 aromatic carbocycles. The number of ether oxygens (including phenoxy) is 1. The maximum atomic E-state index is 11.1. The first kappa shape index (κ1) is 12.8. The van der Waals surface area contributed by atoms with Crippen molar-refractivity contribution < 1.29 is 14.6 Å². The van der Waals surface area contributed by atoms with Gasteiger partial charge >= 0.3 is 5.97 Å². The smallest absolute Gasteiger partial charge is 0.335 e. The number of benzene rings is 1. The molecule has 1 unspecified atom stereocenters. The average molecular weight is 286 g/mol. The van der Waals surface area contributed by atoms with Gasteiger partial charge in [-0.25, -0.2) is 9.78 Å². The molecule has 2 aliphatic rings. The number of imidazole rings is 1. The molecule has 1 aliphatic heterocycles. The molecule has 2 fully saturated rings. The van der Waals surface area contributed by atoms with Crippen molar-refractivity contribution in [3.63, 3.8) is 0 Å². The maximum absolute atomic E-state index is 11.1. The van der Waals surface area contributed by atoms with Crippen molar-refractivity contribution in [2.24, 2.45) is 0 Å². The molecule has 0 amide bonds. The van der Waals surface area contributed by atoms with Crippen molar-refractivity contribution in [2.45, 2.75) is 37.6 Å². The number of hydrogen-bond donors (Lipinski definition) is 1. The average Bonchev–Trinajstić information content (AvgIpc) is 3.09. The minimum Gasteiger partial charge on any atom is -0.478 e. The number of carboxylic acid groups (broad SMARTS) is 1. The van der Waals surface area contributed by atoms with Gasteiger partial charge in [0.05, 0.1) is 28.7 Å². The lowest BCUT2D eigenvalue weighted by Gasteiger charge is -2.27. The number of rotatable bonds is 3. The third-order valence-corrected chi connectivity index (χ3v) is 4.61. The van der Waals surface area contributed by atoms with E-state index in [9.17, 15) is 4.79 Å². The van der Waals surface area contributed by atoms with Gasteiger partial charge in [0.2, 0.25) is 0 Å². The highest BCUT2D eigenvalue weighted by atomic mass is 16.5. The Morgan fingerprint density at radius 3 is 2.90 bits per heavy atom. The lowest BCUT2D eigenvalue weighted by Crippen LogP contribution is -2.31. The third kappa shape index (κ3) is 1.95. The number of fused-ring (bicyclic) bond motifs is 1. The monoisotopic (exact) mass is 286 g/mol. The van der Waals surface area contributed by atoms with Crippen molar-refractivity contribution in [2.75, 3.05) is 13.2 Å². The second-order valence-electron chi connectivity index (χ2n) is 6.39. The Bertz CT molecular complexity index is 724. The van der Waals surface area contributed by atoms with Crippen molar-refractivity contribution in [3.8, 4) is 0 Å². The molecule has 1 aromatic heterocycles. The van der Waals surface area contributed by atoms with Crippen LogP contribution in [0.25, 0.3) is 11.0 Å². The van der Waals surface area contributed by atoms with Gasteiger partial charge in [0.15, 0.2) is 0 Å². The Hall–Kier alpha value is -1.88. The van der Waals surface area contributed by atoms with Gasteiger partial charge in [-0.05, 0) is 44.4 Å². The van der Waals surface area contributed by atoms with Crippen LogP contribution in [0.5, 0.6) is 0 Å². The fourth-order valence-corrected chi connectivity index (χ4v) is 3.25. The SMILES string of the molecule is CC1(n2c(C3CC3)nc3cc(C(=O)O)ccc32)CCOC1. The minimum absolute atomic E-state index is 0.0720. The van der Waals surface area contributed by atoms with Crippen molar-refractivity contribution >= 4 is 17.0 Å². The largest absolute Gasteiger partial charge is 0.478 e. The predicted molar refractivity (Wildman–Crippen MR) is 77.8 cm³/mol. The van der Waals surface area contributed by atoms with Crippen molar-refractivity contribution in [1.82, 2.24) is 9.55 Å². The topological polar surface area (TPSA) is 64.4 Å². The summed E-state index contributed by atoms with van der Waals surface area (Å²) in [6.07, 6.45) is 3.32. The molecule has 110 valence electrons. The number of aromatic nitrogens is 2. The summed E-state index contributed by atoms with van der Waals surface area (Å²) in [4.78, 5) is 15.9. The zero-order chi connectivity index (χ0) is 14.6. The first-order valence-electron chi connectivity index (χ1n) is 7.42. The van der Waals surface area contributed by atoms with E-state index in [1.807, 2.05) is 6.07 Å². The molecule has 1 saturated heterocycles. The van der Waals surface area contributed by atoms with E-state index in [4.69, 9.17) is 14.8 Å². The Kier molecular flexibility index (Phi) is 2.63. The number of carboxylic acids is 1. The molecule has 5 nitrogen and oxygen atoms in total. The van der Waals surface area contributed by atoms with E-state index >= 15 is 0 Å². The molecule has 21 heavy (non-hydrogen) atoms. The van der Waals surface area contributed by atoms with E-state index in [1.165, 1.54) is 12.8 Å². The molecular formula is C16H18N2O3. The standard InChI is InChI=1S/C16H18N2O3/c1-16(6-7-21-9-16)18-13-5-4-11(15(19)20)8-12(13)17-14(18)10-2-3-10/h4-5,8,10H,2-3,6-7,9H2,1H3,(H,19,20). The Morgan fingerprint density at radius 1 is 1.48 bits per heavy atom. The number of nitrogens with zero attached hydrogens (tertiary/aromatic N) is 2. The van der Waals surface area contributed by atoms with Crippen LogP contribution in [0.15, 0.2) is 18.2 Å². The molecule has 0 bridgehead atoms. The Balaban J connectivity index is 1.94.